The number of nitrogens with zero attached hydrogens (tertiary/aromatic N) is 2. The molecule has 0 radical (unpaired) electrons. The Balaban J connectivity index is 1.91. The van der Waals surface area contributed by atoms with E-state index in [2.05, 4.69) is 5.32 Å². The highest BCUT2D eigenvalue weighted by atomic mass is 35.5. The van der Waals surface area contributed by atoms with Crippen molar-refractivity contribution in [3.63, 3.8) is 0 Å². The van der Waals surface area contributed by atoms with Gasteiger partial charge in [0, 0.05) is 24.8 Å². The Morgan fingerprint density at radius 1 is 1.21 bits per heavy atom. The normalized spacial score (nSPS) is 16.3. The Hall–Kier alpha value is -3.26. The van der Waals surface area contributed by atoms with Crippen LogP contribution in [0.4, 0.5) is 10.5 Å². The topological polar surface area (TPSA) is 88.2 Å². The fourth-order valence-corrected chi connectivity index (χ4v) is 4.00. The van der Waals surface area contributed by atoms with Gasteiger partial charge in [0.1, 0.15) is 11.8 Å². The molecule has 1 aliphatic heterocycles. The van der Waals surface area contributed by atoms with Crippen molar-refractivity contribution in [3.8, 4) is 5.75 Å². The van der Waals surface area contributed by atoms with Gasteiger partial charge in [0.05, 0.1) is 24.3 Å². The Morgan fingerprint density at radius 2 is 1.94 bits per heavy atom. The number of para-hydroxylation sites is 1. The van der Waals surface area contributed by atoms with Gasteiger partial charge >= 0.3 is 12.0 Å². The summed E-state index contributed by atoms with van der Waals surface area (Å²) in [6.07, 6.45) is 0. The van der Waals surface area contributed by atoms with Gasteiger partial charge in [0.25, 0.3) is 5.91 Å². The lowest BCUT2D eigenvalue weighted by Crippen LogP contribution is -2.51. The van der Waals surface area contributed by atoms with E-state index in [1.807, 2.05) is 38.1 Å². The highest BCUT2D eigenvalue weighted by Gasteiger charge is 2.33. The first-order valence-electron chi connectivity index (χ1n) is 10.7. The van der Waals surface area contributed by atoms with Gasteiger partial charge < -0.3 is 24.6 Å². The monoisotopic (exact) mass is 473 g/mol. The smallest absolute Gasteiger partial charge is 0.328 e. The molecule has 0 aromatic heterocycles. The fraction of sp³-hybridized carbons (Fsp3) is 0.375. The number of carbonyl (C=O) groups is 3. The zero-order chi connectivity index (χ0) is 24.1. The Kier molecular flexibility index (Phi) is 7.81. The van der Waals surface area contributed by atoms with Gasteiger partial charge in [-0.25, -0.2) is 9.59 Å². The van der Waals surface area contributed by atoms with E-state index in [1.165, 1.54) is 7.11 Å². The third-order valence-electron chi connectivity index (χ3n) is 5.48. The molecule has 0 bridgehead atoms. The first-order valence-corrected chi connectivity index (χ1v) is 11.1. The molecule has 176 valence electrons. The van der Waals surface area contributed by atoms with Gasteiger partial charge in [-0.05, 0) is 50.6 Å². The van der Waals surface area contributed by atoms with Crippen LogP contribution >= 0.6 is 11.6 Å². The Bertz CT molecular complexity index is 1040. The molecule has 0 saturated carbocycles. The van der Waals surface area contributed by atoms with Crippen molar-refractivity contribution in [1.82, 2.24) is 10.2 Å². The zero-order valence-electron chi connectivity index (χ0n) is 19.1. The van der Waals surface area contributed by atoms with Gasteiger partial charge in [-0.1, -0.05) is 29.8 Å². The molecule has 2 aromatic rings. The highest BCUT2D eigenvalue weighted by molar-refractivity contribution is 6.34. The highest BCUT2D eigenvalue weighted by Crippen LogP contribution is 2.31. The van der Waals surface area contributed by atoms with Crippen LogP contribution in [-0.4, -0.2) is 55.2 Å². The summed E-state index contributed by atoms with van der Waals surface area (Å²) in [4.78, 5) is 41.5. The minimum atomic E-state index is -0.798. The number of hydrogen-bond acceptors (Lipinski definition) is 5. The molecule has 33 heavy (non-hydrogen) atoms. The number of benzene rings is 2. The largest absolute Gasteiger partial charge is 0.494 e. The summed E-state index contributed by atoms with van der Waals surface area (Å²) in [5, 5.41) is 2.96. The lowest BCUT2D eigenvalue weighted by Gasteiger charge is -2.30. The summed E-state index contributed by atoms with van der Waals surface area (Å²) >= 11 is 6.42. The third kappa shape index (κ3) is 5.39. The number of hydrogen-bond donors (Lipinski definition) is 1. The average Bonchev–Trinajstić information content (AvgIpc) is 2.95. The number of carbonyl (C=O) groups excluding carboxylic acids is 3. The van der Waals surface area contributed by atoms with Crippen molar-refractivity contribution < 1.29 is 23.9 Å². The standard InChI is InChI=1S/C24H28ClN3O5/c1-5-33-18-10-11-19(20(25)12-18)22(29)28-13-15(2)27(14-17-8-6-7-9-21(17)28)24(31)26-16(3)23(30)32-4/h6-12,15-16H,5,13-14H2,1-4H3,(H,26,31)/t15-,16+/m1/s1. The second-order valence-corrected chi connectivity index (χ2v) is 8.20. The van der Waals surface area contributed by atoms with Crippen molar-refractivity contribution in [1.29, 1.82) is 0 Å². The van der Waals surface area contributed by atoms with Gasteiger partial charge in [0.2, 0.25) is 0 Å². The third-order valence-corrected chi connectivity index (χ3v) is 5.80. The van der Waals surface area contributed by atoms with E-state index in [4.69, 9.17) is 21.1 Å². The van der Waals surface area contributed by atoms with E-state index in [1.54, 1.807) is 34.9 Å². The summed E-state index contributed by atoms with van der Waals surface area (Å²) in [7, 11) is 1.27. The molecule has 0 fully saturated rings. The minimum absolute atomic E-state index is 0.249. The molecule has 9 heteroatoms. The first kappa shape index (κ1) is 24.4. The average molecular weight is 474 g/mol. The molecule has 0 saturated heterocycles. The summed E-state index contributed by atoms with van der Waals surface area (Å²) < 4.78 is 10.2. The Labute approximate surface area is 198 Å². The second kappa shape index (κ2) is 10.6. The number of ether oxygens (including phenoxy) is 2. The summed E-state index contributed by atoms with van der Waals surface area (Å²) in [5.41, 5.74) is 1.85. The van der Waals surface area contributed by atoms with E-state index in [0.717, 1.165) is 5.56 Å². The van der Waals surface area contributed by atoms with E-state index in [9.17, 15) is 14.4 Å². The van der Waals surface area contributed by atoms with Crippen molar-refractivity contribution in [2.75, 3.05) is 25.2 Å². The van der Waals surface area contributed by atoms with Gasteiger partial charge in [-0.3, -0.25) is 4.79 Å². The lowest BCUT2D eigenvalue weighted by molar-refractivity contribution is -0.142. The van der Waals surface area contributed by atoms with Crippen molar-refractivity contribution in [2.45, 2.75) is 39.4 Å². The molecule has 8 nitrogen and oxygen atoms in total. The van der Waals surface area contributed by atoms with Crippen LogP contribution < -0.4 is 15.0 Å². The van der Waals surface area contributed by atoms with Crippen LogP contribution in [0.3, 0.4) is 0 Å². The number of anilines is 1. The van der Waals surface area contributed by atoms with Crippen LogP contribution in [0.2, 0.25) is 5.02 Å². The first-order chi connectivity index (χ1) is 15.8. The van der Waals surface area contributed by atoms with Crippen LogP contribution in [0.15, 0.2) is 42.5 Å². The predicted molar refractivity (Wildman–Crippen MR) is 126 cm³/mol. The molecular weight excluding hydrogens is 446 g/mol. The van der Waals surface area contributed by atoms with Crippen LogP contribution in [0.5, 0.6) is 5.75 Å². The maximum Gasteiger partial charge on any atom is 0.328 e. The molecule has 1 aliphatic rings. The van der Waals surface area contributed by atoms with Crippen LogP contribution in [-0.2, 0) is 16.1 Å². The number of urea groups is 1. The Morgan fingerprint density at radius 3 is 2.61 bits per heavy atom. The van der Waals surface area contributed by atoms with Crippen LogP contribution in [0.1, 0.15) is 36.7 Å². The minimum Gasteiger partial charge on any atom is -0.494 e. The molecule has 0 aliphatic carbocycles. The van der Waals surface area contributed by atoms with Crippen molar-refractivity contribution >= 4 is 35.2 Å². The van der Waals surface area contributed by atoms with Crippen molar-refractivity contribution in [3.05, 3.63) is 58.6 Å². The quantitative estimate of drug-likeness (QED) is 0.666. The van der Waals surface area contributed by atoms with Gasteiger partial charge in [-0.2, -0.15) is 0 Å². The van der Waals surface area contributed by atoms with E-state index in [-0.39, 0.29) is 25.0 Å². The second-order valence-electron chi connectivity index (χ2n) is 7.79. The molecule has 1 N–H and O–H groups in total. The summed E-state index contributed by atoms with van der Waals surface area (Å²) in [5.74, 6) is -0.216. The van der Waals surface area contributed by atoms with Crippen LogP contribution in [0, 0.1) is 0 Å². The molecular formula is C24H28ClN3O5. The molecule has 0 spiro atoms. The lowest BCUT2D eigenvalue weighted by atomic mass is 10.1. The van der Waals surface area contributed by atoms with Gasteiger partial charge in [0.15, 0.2) is 0 Å². The number of halogens is 1. The maximum atomic E-state index is 13.6. The number of fused-ring (bicyclic) bond motifs is 1. The fourth-order valence-electron chi connectivity index (χ4n) is 3.75. The van der Waals surface area contributed by atoms with Crippen LogP contribution in [0.25, 0.3) is 0 Å². The number of amides is 3. The van der Waals surface area contributed by atoms with E-state index >= 15 is 0 Å². The molecule has 3 amide bonds. The number of methoxy groups -OCH3 is 1. The number of nitrogens with one attached hydrogen (secondary N) is 1. The molecule has 0 unspecified atom stereocenters. The van der Waals surface area contributed by atoms with Crippen molar-refractivity contribution in [2.24, 2.45) is 0 Å². The summed E-state index contributed by atoms with van der Waals surface area (Å²) in [6, 6.07) is 10.9. The molecule has 1 heterocycles. The SMILES string of the molecule is CCOc1ccc(C(=O)N2C[C@@H](C)N(C(=O)N[C@@H](C)C(=O)OC)Cc3ccccc32)c(Cl)c1. The van der Waals surface area contributed by atoms with E-state index in [0.29, 0.717) is 28.6 Å². The van der Waals surface area contributed by atoms with E-state index < -0.39 is 18.0 Å². The molecule has 2 atom stereocenters. The summed E-state index contributed by atoms with van der Waals surface area (Å²) in [6.45, 7) is 6.30. The van der Waals surface area contributed by atoms with Gasteiger partial charge in [-0.15, -0.1) is 0 Å². The predicted octanol–water partition coefficient (Wildman–Crippen LogP) is 3.86. The molecule has 2 aromatic carbocycles. The maximum absolute atomic E-state index is 13.6. The molecule has 3 rings (SSSR count). The number of esters is 1. The zero-order valence-corrected chi connectivity index (χ0v) is 19.9. The number of rotatable bonds is 5.